The van der Waals surface area contributed by atoms with Crippen molar-refractivity contribution in [3.8, 4) is 5.88 Å². The number of nitrogens with one attached hydrogen (secondary N) is 2. The number of hydrogen-bond acceptors (Lipinski definition) is 9. The SMILES string of the molecule is CNc1cc(Nc2cccn(-c3ocnc3C)c2=O)nc2c(C(=O)C[C@@H]3CC[C@@]3(C)OC)cnn12. The molecular weight excluding hydrogens is 450 g/mol. The number of aryl methyl sites for hydroxylation is 1. The van der Waals surface area contributed by atoms with Gasteiger partial charge in [0.05, 0.1) is 17.4 Å². The summed E-state index contributed by atoms with van der Waals surface area (Å²) in [6.45, 7) is 3.80. The number of hydrogen-bond donors (Lipinski definition) is 2. The number of oxazole rings is 1. The third-order valence-electron chi connectivity index (χ3n) is 6.93. The third-order valence-corrected chi connectivity index (χ3v) is 6.93. The summed E-state index contributed by atoms with van der Waals surface area (Å²) in [5.41, 5.74) is 1.13. The average molecular weight is 478 g/mol. The van der Waals surface area contributed by atoms with Gasteiger partial charge < -0.3 is 19.8 Å². The number of aromatic nitrogens is 5. The fourth-order valence-corrected chi connectivity index (χ4v) is 4.49. The topological polar surface area (TPSA) is 129 Å². The fraction of sp³-hybridized carbons (Fsp3) is 0.375. The fourth-order valence-electron chi connectivity index (χ4n) is 4.49. The number of pyridine rings is 1. The lowest BCUT2D eigenvalue weighted by Gasteiger charge is -2.45. The molecule has 1 fully saturated rings. The van der Waals surface area contributed by atoms with E-state index in [9.17, 15) is 9.59 Å². The summed E-state index contributed by atoms with van der Waals surface area (Å²) in [7, 11) is 3.44. The Morgan fingerprint density at radius 2 is 2.23 bits per heavy atom. The van der Waals surface area contributed by atoms with E-state index in [4.69, 9.17) is 9.15 Å². The zero-order valence-corrected chi connectivity index (χ0v) is 20.0. The van der Waals surface area contributed by atoms with Crippen LogP contribution in [0.15, 0.2) is 46.2 Å². The van der Waals surface area contributed by atoms with Crippen LogP contribution in [0.25, 0.3) is 11.5 Å². The molecule has 182 valence electrons. The molecule has 2 atom stereocenters. The van der Waals surface area contributed by atoms with Crippen LogP contribution in [-0.4, -0.2) is 49.7 Å². The van der Waals surface area contributed by atoms with E-state index in [0.29, 0.717) is 46.5 Å². The highest BCUT2D eigenvalue weighted by atomic mass is 16.5. The van der Waals surface area contributed by atoms with Crippen LogP contribution in [0.2, 0.25) is 0 Å². The minimum Gasteiger partial charge on any atom is -0.427 e. The Morgan fingerprint density at radius 3 is 2.89 bits per heavy atom. The second-order valence-corrected chi connectivity index (χ2v) is 8.91. The average Bonchev–Trinajstić information content (AvgIpc) is 3.48. The Bertz CT molecular complexity index is 1470. The van der Waals surface area contributed by atoms with E-state index in [2.05, 4.69) is 25.7 Å². The van der Waals surface area contributed by atoms with Gasteiger partial charge in [0.2, 0.25) is 5.88 Å². The molecule has 2 N–H and O–H groups in total. The normalized spacial score (nSPS) is 19.5. The number of nitrogens with zero attached hydrogens (tertiary/aromatic N) is 5. The molecule has 0 aliphatic heterocycles. The Balaban J connectivity index is 1.49. The van der Waals surface area contributed by atoms with E-state index in [0.717, 1.165) is 12.8 Å². The molecule has 11 heteroatoms. The largest absolute Gasteiger partial charge is 0.427 e. The lowest BCUT2D eigenvalue weighted by atomic mass is 9.68. The molecular formula is C24H27N7O4. The van der Waals surface area contributed by atoms with Crippen molar-refractivity contribution in [2.45, 2.75) is 38.7 Å². The van der Waals surface area contributed by atoms with Crippen LogP contribution in [0.5, 0.6) is 0 Å². The van der Waals surface area contributed by atoms with Crippen molar-refractivity contribution in [1.29, 1.82) is 0 Å². The lowest BCUT2D eigenvalue weighted by molar-refractivity contribution is -0.108. The summed E-state index contributed by atoms with van der Waals surface area (Å²) in [5, 5.41) is 10.5. The van der Waals surface area contributed by atoms with Crippen molar-refractivity contribution in [3.63, 3.8) is 0 Å². The van der Waals surface area contributed by atoms with Crippen molar-refractivity contribution in [2.24, 2.45) is 5.92 Å². The smallest absolute Gasteiger partial charge is 0.281 e. The number of anilines is 3. The number of carbonyl (C=O) groups is 1. The molecule has 4 heterocycles. The number of Topliss-reactive ketones (excluding diaryl/α,β-unsaturated/α-hetero) is 1. The van der Waals surface area contributed by atoms with Crippen molar-refractivity contribution in [3.05, 3.63) is 58.6 Å². The highest BCUT2D eigenvalue weighted by molar-refractivity contribution is 6.01. The molecule has 0 radical (unpaired) electrons. The zero-order valence-electron chi connectivity index (χ0n) is 20.0. The van der Waals surface area contributed by atoms with Crippen LogP contribution < -0.4 is 16.2 Å². The maximum atomic E-state index is 13.2. The van der Waals surface area contributed by atoms with Gasteiger partial charge in [-0.1, -0.05) is 0 Å². The van der Waals surface area contributed by atoms with E-state index in [1.54, 1.807) is 56.2 Å². The predicted molar refractivity (Wildman–Crippen MR) is 130 cm³/mol. The molecule has 4 aromatic rings. The van der Waals surface area contributed by atoms with Gasteiger partial charge in [-0.05, 0) is 44.7 Å². The Labute approximate surface area is 201 Å². The van der Waals surface area contributed by atoms with Crippen LogP contribution in [0.3, 0.4) is 0 Å². The van der Waals surface area contributed by atoms with E-state index >= 15 is 0 Å². The molecule has 0 unspecified atom stereocenters. The number of ketones is 1. The molecule has 4 aromatic heterocycles. The maximum Gasteiger partial charge on any atom is 0.281 e. The zero-order chi connectivity index (χ0) is 24.7. The summed E-state index contributed by atoms with van der Waals surface area (Å²) in [6, 6.07) is 5.10. The van der Waals surface area contributed by atoms with Gasteiger partial charge in [0.15, 0.2) is 17.8 Å². The first kappa shape index (κ1) is 22.8. The molecule has 1 saturated carbocycles. The maximum absolute atomic E-state index is 13.2. The second-order valence-electron chi connectivity index (χ2n) is 8.91. The Morgan fingerprint density at radius 1 is 1.40 bits per heavy atom. The van der Waals surface area contributed by atoms with Crippen molar-refractivity contribution in [2.75, 3.05) is 24.8 Å². The monoisotopic (exact) mass is 477 g/mol. The van der Waals surface area contributed by atoms with Crippen molar-refractivity contribution in [1.82, 2.24) is 24.1 Å². The summed E-state index contributed by atoms with van der Waals surface area (Å²) in [6.07, 6.45) is 6.69. The van der Waals surface area contributed by atoms with Gasteiger partial charge in [-0.15, -0.1) is 0 Å². The summed E-state index contributed by atoms with van der Waals surface area (Å²) in [5.74, 6) is 1.47. The van der Waals surface area contributed by atoms with E-state index < -0.39 is 0 Å². The summed E-state index contributed by atoms with van der Waals surface area (Å²) >= 11 is 0. The van der Waals surface area contributed by atoms with Gasteiger partial charge in [0, 0.05) is 32.8 Å². The second kappa shape index (κ2) is 8.66. The van der Waals surface area contributed by atoms with Crippen LogP contribution in [-0.2, 0) is 4.74 Å². The van der Waals surface area contributed by atoms with Crippen LogP contribution in [0.4, 0.5) is 17.3 Å². The first-order chi connectivity index (χ1) is 16.8. The van der Waals surface area contributed by atoms with Crippen LogP contribution in [0, 0.1) is 12.8 Å². The molecule has 5 rings (SSSR count). The van der Waals surface area contributed by atoms with Crippen LogP contribution in [0.1, 0.15) is 42.2 Å². The van der Waals surface area contributed by atoms with E-state index in [1.165, 1.54) is 11.0 Å². The van der Waals surface area contributed by atoms with Gasteiger partial charge in [0.1, 0.15) is 23.0 Å². The highest BCUT2D eigenvalue weighted by Crippen LogP contribution is 2.43. The number of methoxy groups -OCH3 is 1. The molecule has 35 heavy (non-hydrogen) atoms. The Kier molecular flexibility index (Phi) is 5.64. The summed E-state index contributed by atoms with van der Waals surface area (Å²) < 4.78 is 13.9. The Hall–Kier alpha value is -3.99. The van der Waals surface area contributed by atoms with E-state index in [1.807, 2.05) is 6.92 Å². The first-order valence-electron chi connectivity index (χ1n) is 11.4. The molecule has 0 spiro atoms. The van der Waals surface area contributed by atoms with Gasteiger partial charge >= 0.3 is 0 Å². The molecule has 11 nitrogen and oxygen atoms in total. The number of carbonyl (C=O) groups excluding carboxylic acids is 1. The summed E-state index contributed by atoms with van der Waals surface area (Å²) in [4.78, 5) is 35.0. The van der Waals surface area contributed by atoms with Gasteiger partial charge in [-0.2, -0.15) is 9.61 Å². The highest BCUT2D eigenvalue weighted by Gasteiger charge is 2.44. The lowest BCUT2D eigenvalue weighted by Crippen LogP contribution is -2.46. The molecule has 0 saturated heterocycles. The van der Waals surface area contributed by atoms with Gasteiger partial charge in [-0.3, -0.25) is 14.2 Å². The molecule has 0 bridgehead atoms. The third kappa shape index (κ3) is 3.87. The number of ether oxygens (including phenoxy) is 1. The van der Waals surface area contributed by atoms with Gasteiger partial charge in [-0.25, -0.2) is 9.97 Å². The van der Waals surface area contributed by atoms with Crippen molar-refractivity contribution >= 4 is 28.8 Å². The number of rotatable bonds is 8. The molecule has 1 aliphatic rings. The minimum atomic E-state index is -0.325. The molecule has 1 aliphatic carbocycles. The predicted octanol–water partition coefficient (Wildman–Crippen LogP) is 3.35. The standard InChI is InChI=1S/C24H27N7O4/c1-14-23(35-13-26-14)30-9-5-6-17(22(30)33)28-19-11-20(25-3)31-21(29-19)16(12-27-31)18(32)10-15-7-8-24(15,2)34-4/h5-6,9,11-13,15,25H,7-8,10H2,1-4H3,(H,28,29)/t15-,24+/m0/s1. The van der Waals surface area contributed by atoms with E-state index in [-0.39, 0.29) is 22.9 Å². The van der Waals surface area contributed by atoms with Crippen molar-refractivity contribution < 1.29 is 13.9 Å². The molecule has 0 aromatic carbocycles. The quantitative estimate of drug-likeness (QED) is 0.367. The van der Waals surface area contributed by atoms with Gasteiger partial charge in [0.25, 0.3) is 5.56 Å². The minimum absolute atomic E-state index is 0.0393. The number of fused-ring (bicyclic) bond motifs is 1. The molecule has 0 amide bonds. The van der Waals surface area contributed by atoms with Crippen LogP contribution >= 0.6 is 0 Å². The first-order valence-corrected chi connectivity index (χ1v) is 11.4.